The van der Waals surface area contributed by atoms with Gasteiger partial charge in [0.1, 0.15) is 18.5 Å². The van der Waals surface area contributed by atoms with E-state index in [0.717, 1.165) is 6.42 Å². The molecule has 2 amide bonds. The number of carbonyl (C=O) groups excluding carboxylic acids is 2. The van der Waals surface area contributed by atoms with Crippen LogP contribution in [-0.4, -0.2) is 67.4 Å². The predicted molar refractivity (Wildman–Crippen MR) is 104 cm³/mol. The van der Waals surface area contributed by atoms with Crippen molar-refractivity contribution in [1.82, 2.24) is 4.90 Å². The summed E-state index contributed by atoms with van der Waals surface area (Å²) in [5.74, 6) is -0.723. The second kappa shape index (κ2) is 7.95. The number of halogens is 1. The van der Waals surface area contributed by atoms with Crippen LogP contribution in [0.5, 0.6) is 0 Å². The summed E-state index contributed by atoms with van der Waals surface area (Å²) < 4.78 is 20.2. The molecule has 28 heavy (non-hydrogen) atoms. The van der Waals surface area contributed by atoms with Gasteiger partial charge in [-0.25, -0.2) is 9.18 Å². The normalized spacial score (nSPS) is 20.5. The maximum Gasteiger partial charge on any atom is 0.414 e. The number of benzene rings is 1. The highest BCUT2D eigenvalue weighted by atomic mass is 19.1. The largest absolute Gasteiger partial charge is 0.444 e. The number of aliphatic hydroxyl groups excluding tert-OH is 1. The van der Waals surface area contributed by atoms with E-state index in [-0.39, 0.29) is 17.4 Å². The van der Waals surface area contributed by atoms with Crippen molar-refractivity contribution in [3.05, 3.63) is 24.0 Å². The molecule has 2 aliphatic rings. The molecule has 1 atom stereocenters. The van der Waals surface area contributed by atoms with Crippen molar-refractivity contribution < 1.29 is 23.8 Å². The first-order valence-electron chi connectivity index (χ1n) is 9.59. The molecule has 2 saturated heterocycles. The minimum Gasteiger partial charge on any atom is -0.444 e. The Balaban J connectivity index is 1.66. The molecule has 1 aromatic carbocycles. The zero-order valence-electron chi connectivity index (χ0n) is 16.7. The molecule has 0 saturated carbocycles. The number of rotatable bonds is 4. The van der Waals surface area contributed by atoms with Gasteiger partial charge >= 0.3 is 6.09 Å². The molecule has 7 nitrogen and oxygen atoms in total. The number of nitrogens with zero attached hydrogens (tertiary/aromatic N) is 3. The van der Waals surface area contributed by atoms with Crippen molar-refractivity contribution in [2.75, 3.05) is 49.1 Å². The van der Waals surface area contributed by atoms with Crippen molar-refractivity contribution in [3.63, 3.8) is 0 Å². The number of ether oxygens (including phenoxy) is 1. The third kappa shape index (κ3) is 4.55. The molecule has 2 aliphatic heterocycles. The highest BCUT2D eigenvalue weighted by molar-refractivity contribution is 5.90. The molecule has 3 rings (SSSR count). The van der Waals surface area contributed by atoms with Crippen LogP contribution in [0.4, 0.5) is 20.6 Å². The molecule has 154 valence electrons. The van der Waals surface area contributed by atoms with E-state index in [1.165, 1.54) is 11.0 Å². The fraction of sp³-hybridized carbons (Fsp3) is 0.600. The van der Waals surface area contributed by atoms with E-state index in [2.05, 4.69) is 20.8 Å². The van der Waals surface area contributed by atoms with E-state index in [0.29, 0.717) is 44.1 Å². The smallest absolute Gasteiger partial charge is 0.414 e. The number of carbonyl (C=O) groups is 2. The molecule has 0 spiro atoms. The molecule has 1 N–H and O–H groups in total. The average molecular weight is 393 g/mol. The van der Waals surface area contributed by atoms with Gasteiger partial charge in [0.05, 0.1) is 17.9 Å². The lowest BCUT2D eigenvalue weighted by molar-refractivity contribution is -0.134. The molecule has 0 aromatic heterocycles. The van der Waals surface area contributed by atoms with E-state index in [1.807, 2.05) is 4.90 Å². The van der Waals surface area contributed by atoms with Crippen molar-refractivity contribution in [1.29, 1.82) is 0 Å². The molecule has 0 unspecified atom stereocenters. The summed E-state index contributed by atoms with van der Waals surface area (Å²) in [5.41, 5.74) is 0.964. The number of cyclic esters (lactones) is 1. The number of amides is 2. The van der Waals surface area contributed by atoms with Gasteiger partial charge in [0.25, 0.3) is 0 Å². The zero-order chi connectivity index (χ0) is 20.5. The number of hydrogen-bond acceptors (Lipinski definition) is 5. The van der Waals surface area contributed by atoms with E-state index in [9.17, 15) is 14.0 Å². The molecule has 1 aromatic rings. The van der Waals surface area contributed by atoms with Crippen LogP contribution in [0.25, 0.3) is 0 Å². The number of anilines is 2. The Morgan fingerprint density at radius 2 is 1.93 bits per heavy atom. The van der Waals surface area contributed by atoms with Gasteiger partial charge in [0.2, 0.25) is 5.91 Å². The van der Waals surface area contributed by atoms with Crippen molar-refractivity contribution in [2.24, 2.45) is 5.41 Å². The average Bonchev–Trinajstić information content (AvgIpc) is 2.99. The minimum absolute atomic E-state index is 0.0373. The number of piperazine rings is 1. The molecule has 0 bridgehead atoms. The Morgan fingerprint density at radius 3 is 2.50 bits per heavy atom. The van der Waals surface area contributed by atoms with Crippen LogP contribution in [0.3, 0.4) is 0 Å². The maximum atomic E-state index is 14.8. The summed E-state index contributed by atoms with van der Waals surface area (Å²) in [6.07, 6.45) is 0.0945. The topological polar surface area (TPSA) is 73.3 Å². The lowest BCUT2D eigenvalue weighted by atomic mass is 9.89. The second-order valence-corrected chi connectivity index (χ2v) is 8.54. The first-order valence-corrected chi connectivity index (χ1v) is 9.59. The summed E-state index contributed by atoms with van der Waals surface area (Å²) in [6.45, 7) is 8.02. The van der Waals surface area contributed by atoms with Crippen molar-refractivity contribution in [3.8, 4) is 0 Å². The van der Waals surface area contributed by atoms with Crippen LogP contribution in [0.2, 0.25) is 0 Å². The van der Waals surface area contributed by atoms with E-state index < -0.39 is 18.5 Å². The first-order chi connectivity index (χ1) is 13.2. The van der Waals surface area contributed by atoms with Crippen LogP contribution in [0, 0.1) is 11.2 Å². The minimum atomic E-state index is -0.509. The highest BCUT2D eigenvalue weighted by Crippen LogP contribution is 2.31. The molecule has 8 heteroatoms. The number of aliphatic hydroxyl groups is 1. The SMILES string of the molecule is CC(C)(C)C[C@@H]1CN(c2ccc(N3CCN(C(=O)CO)CC3)c(F)c2)C(=O)O1. The van der Waals surface area contributed by atoms with Gasteiger partial charge in [-0.3, -0.25) is 9.69 Å². The lowest BCUT2D eigenvalue weighted by Crippen LogP contribution is -2.49. The molecule has 0 radical (unpaired) electrons. The maximum absolute atomic E-state index is 14.8. The highest BCUT2D eigenvalue weighted by Gasteiger charge is 2.35. The molecule has 2 heterocycles. The fourth-order valence-corrected chi connectivity index (χ4v) is 3.74. The van der Waals surface area contributed by atoms with E-state index in [4.69, 9.17) is 9.84 Å². The molecular weight excluding hydrogens is 365 g/mol. The summed E-state index contributed by atoms with van der Waals surface area (Å²) >= 11 is 0. The van der Waals surface area contributed by atoms with Gasteiger partial charge in [0, 0.05) is 26.2 Å². The Labute approximate surface area is 164 Å². The van der Waals surface area contributed by atoms with Crippen LogP contribution in [-0.2, 0) is 9.53 Å². The number of hydrogen-bond donors (Lipinski definition) is 1. The summed E-state index contributed by atoms with van der Waals surface area (Å²) in [4.78, 5) is 28.7. The van der Waals surface area contributed by atoms with Crippen LogP contribution in [0.15, 0.2) is 18.2 Å². The lowest BCUT2D eigenvalue weighted by Gasteiger charge is -2.36. The van der Waals surface area contributed by atoms with Crippen LogP contribution < -0.4 is 9.80 Å². The first kappa shape index (κ1) is 20.4. The van der Waals surface area contributed by atoms with Gasteiger partial charge in [-0.1, -0.05) is 20.8 Å². The zero-order valence-corrected chi connectivity index (χ0v) is 16.7. The molecule has 2 fully saturated rings. The third-order valence-corrected chi connectivity index (χ3v) is 5.07. The fourth-order valence-electron chi connectivity index (χ4n) is 3.74. The summed E-state index contributed by atoms with van der Waals surface area (Å²) in [7, 11) is 0. The second-order valence-electron chi connectivity index (χ2n) is 8.54. The van der Waals surface area contributed by atoms with Crippen molar-refractivity contribution in [2.45, 2.75) is 33.3 Å². The Kier molecular flexibility index (Phi) is 5.79. The van der Waals surface area contributed by atoms with Gasteiger partial charge in [0.15, 0.2) is 0 Å². The van der Waals surface area contributed by atoms with Gasteiger partial charge in [-0.05, 0) is 30.0 Å². The predicted octanol–water partition coefficient (Wildman–Crippen LogP) is 2.23. The van der Waals surface area contributed by atoms with Gasteiger partial charge in [-0.15, -0.1) is 0 Å². The monoisotopic (exact) mass is 393 g/mol. The third-order valence-electron chi connectivity index (χ3n) is 5.07. The summed E-state index contributed by atoms with van der Waals surface area (Å²) in [5, 5.41) is 8.94. The van der Waals surface area contributed by atoms with Gasteiger partial charge in [-0.2, -0.15) is 0 Å². The van der Waals surface area contributed by atoms with Crippen molar-refractivity contribution >= 4 is 23.4 Å². The molecular formula is C20H28FN3O4. The summed E-state index contributed by atoms with van der Waals surface area (Å²) in [6, 6.07) is 4.75. The Morgan fingerprint density at radius 1 is 1.25 bits per heavy atom. The van der Waals surface area contributed by atoms with Crippen LogP contribution in [0.1, 0.15) is 27.2 Å². The Bertz CT molecular complexity index is 741. The van der Waals surface area contributed by atoms with Gasteiger partial charge < -0.3 is 19.6 Å². The standard InChI is InChI=1S/C20H28FN3O4/c1-20(2,3)11-15-12-24(19(27)28-15)14-4-5-17(16(21)10-14)22-6-8-23(9-7-22)18(26)13-25/h4-5,10,15,25H,6-9,11-13H2,1-3H3/t15-/m1/s1. The van der Waals surface area contributed by atoms with E-state index >= 15 is 0 Å². The molecule has 0 aliphatic carbocycles. The van der Waals surface area contributed by atoms with Crippen LogP contribution >= 0.6 is 0 Å². The quantitative estimate of drug-likeness (QED) is 0.849. The Hall–Kier alpha value is -2.35. The van der Waals surface area contributed by atoms with E-state index in [1.54, 1.807) is 17.0 Å².